The molecule has 22 heavy (non-hydrogen) atoms. The van der Waals surface area contributed by atoms with Crippen LogP contribution < -0.4 is 0 Å². The van der Waals surface area contributed by atoms with Crippen molar-refractivity contribution in [2.24, 2.45) is 0 Å². The fourth-order valence-electron chi connectivity index (χ4n) is 2.78. The maximum absolute atomic E-state index is 12.5. The van der Waals surface area contributed by atoms with E-state index in [1.165, 1.54) is 19.3 Å². The lowest BCUT2D eigenvalue weighted by atomic mass is 10.1. The van der Waals surface area contributed by atoms with Crippen LogP contribution in [0.1, 0.15) is 51.9 Å². The van der Waals surface area contributed by atoms with Crippen LogP contribution in [0.25, 0.3) is 0 Å². The van der Waals surface area contributed by atoms with E-state index in [9.17, 15) is 9.32 Å². The third-order valence-corrected chi connectivity index (χ3v) is 6.40. The van der Waals surface area contributed by atoms with Gasteiger partial charge in [0.25, 0.3) is 0 Å². The molecule has 1 N–H and O–H groups in total. The number of unbranched alkanes of at least 4 members (excludes halogenated alkanes) is 3. The summed E-state index contributed by atoms with van der Waals surface area (Å²) in [6.07, 6.45) is 6.90. The molecule has 5 heteroatoms. The van der Waals surface area contributed by atoms with Gasteiger partial charge in [-0.15, -0.1) is 11.6 Å². The normalized spacial score (nSPS) is 27.7. The number of hydrogen-bond acceptors (Lipinski definition) is 3. The lowest BCUT2D eigenvalue weighted by molar-refractivity contribution is -0.182. The van der Waals surface area contributed by atoms with E-state index < -0.39 is 21.3 Å². The molecule has 1 aliphatic rings. The minimum Gasteiger partial charge on any atom is -0.364 e. The number of hydrogen-bond donors (Lipinski definition) is 1. The third kappa shape index (κ3) is 4.54. The zero-order chi connectivity index (χ0) is 16.0. The Bertz CT molecular complexity index is 482. The minimum atomic E-state index is -1.49. The highest BCUT2D eigenvalue weighted by Gasteiger charge is 2.47. The molecular formula is C17H25ClO3S. The first-order chi connectivity index (χ1) is 10.6. The molecule has 4 unspecified atom stereocenters. The summed E-state index contributed by atoms with van der Waals surface area (Å²) >= 11 is 6.29. The van der Waals surface area contributed by atoms with Crippen molar-refractivity contribution >= 4 is 22.4 Å². The summed E-state index contributed by atoms with van der Waals surface area (Å²) in [4.78, 5) is 0.617. The van der Waals surface area contributed by atoms with Crippen LogP contribution in [-0.4, -0.2) is 25.9 Å². The average molecular weight is 345 g/mol. The molecule has 2 rings (SSSR count). The molecule has 0 bridgehead atoms. The standard InChI is InChI=1S/C17H25ClO3S/c1-2-3-4-6-9-14-12-13-17(19,21-14)16(18)22(20)15-10-7-5-8-11-15/h5,7-8,10-11,14,16,19H,2-4,6,9,12-13H2,1H3. The second kappa shape index (κ2) is 8.44. The second-order valence-electron chi connectivity index (χ2n) is 5.90. The monoisotopic (exact) mass is 344 g/mol. The van der Waals surface area contributed by atoms with Crippen LogP contribution in [0.3, 0.4) is 0 Å². The van der Waals surface area contributed by atoms with E-state index in [0.717, 1.165) is 19.3 Å². The van der Waals surface area contributed by atoms with Gasteiger partial charge in [-0.05, 0) is 25.0 Å². The molecule has 4 atom stereocenters. The van der Waals surface area contributed by atoms with Crippen molar-refractivity contribution in [3.63, 3.8) is 0 Å². The lowest BCUT2D eigenvalue weighted by Crippen LogP contribution is -2.41. The van der Waals surface area contributed by atoms with Crippen LogP contribution in [0, 0.1) is 0 Å². The molecule has 1 aromatic rings. The molecule has 1 fully saturated rings. The summed E-state index contributed by atoms with van der Waals surface area (Å²) in [7, 11) is -1.49. The summed E-state index contributed by atoms with van der Waals surface area (Å²) in [5.41, 5.74) is 0. The van der Waals surface area contributed by atoms with E-state index in [2.05, 4.69) is 6.92 Å². The van der Waals surface area contributed by atoms with Gasteiger partial charge in [0, 0.05) is 11.3 Å². The first-order valence-electron chi connectivity index (χ1n) is 8.06. The van der Waals surface area contributed by atoms with Crippen molar-refractivity contribution in [1.82, 2.24) is 0 Å². The van der Waals surface area contributed by atoms with Crippen molar-refractivity contribution < 1.29 is 14.1 Å². The Balaban J connectivity index is 1.90. The van der Waals surface area contributed by atoms with Crippen LogP contribution in [0.4, 0.5) is 0 Å². The fourth-order valence-corrected chi connectivity index (χ4v) is 4.43. The molecule has 1 aliphatic heterocycles. The molecule has 0 saturated carbocycles. The minimum absolute atomic E-state index is 0.0240. The fraction of sp³-hybridized carbons (Fsp3) is 0.647. The molecule has 0 radical (unpaired) electrons. The van der Waals surface area contributed by atoms with E-state index in [1.54, 1.807) is 12.1 Å². The van der Waals surface area contributed by atoms with Crippen LogP contribution in [-0.2, 0) is 15.5 Å². The number of ether oxygens (including phenoxy) is 1. The Hall–Kier alpha value is -0.420. The van der Waals surface area contributed by atoms with Crippen molar-refractivity contribution in [2.45, 2.75) is 73.4 Å². The topological polar surface area (TPSA) is 46.5 Å². The number of alkyl halides is 1. The predicted octanol–water partition coefficient (Wildman–Crippen LogP) is 4.20. The lowest BCUT2D eigenvalue weighted by Gasteiger charge is -2.27. The van der Waals surface area contributed by atoms with Crippen molar-refractivity contribution in [3.8, 4) is 0 Å². The highest BCUT2D eigenvalue weighted by Crippen LogP contribution is 2.38. The van der Waals surface area contributed by atoms with Gasteiger partial charge < -0.3 is 9.84 Å². The Morgan fingerprint density at radius 3 is 2.77 bits per heavy atom. The van der Waals surface area contributed by atoms with Crippen LogP contribution in [0.5, 0.6) is 0 Å². The Morgan fingerprint density at radius 2 is 2.09 bits per heavy atom. The SMILES string of the molecule is CCCCCCC1CCC(O)(C(Cl)S(=O)c2ccccc2)O1. The van der Waals surface area contributed by atoms with Gasteiger partial charge in [0.2, 0.25) is 0 Å². The van der Waals surface area contributed by atoms with Gasteiger partial charge >= 0.3 is 0 Å². The summed E-state index contributed by atoms with van der Waals surface area (Å²) in [6.45, 7) is 2.18. The van der Waals surface area contributed by atoms with Gasteiger partial charge in [-0.3, -0.25) is 4.21 Å². The van der Waals surface area contributed by atoms with Gasteiger partial charge in [0.1, 0.15) is 0 Å². The molecule has 0 amide bonds. The van der Waals surface area contributed by atoms with Crippen LogP contribution in [0.15, 0.2) is 35.2 Å². The Morgan fingerprint density at radius 1 is 1.36 bits per heavy atom. The zero-order valence-corrected chi connectivity index (χ0v) is 14.6. The van der Waals surface area contributed by atoms with E-state index in [0.29, 0.717) is 11.3 Å². The smallest absolute Gasteiger partial charge is 0.194 e. The highest BCUT2D eigenvalue weighted by atomic mass is 35.5. The molecule has 0 spiro atoms. The van der Waals surface area contributed by atoms with Gasteiger partial charge in [-0.25, -0.2) is 0 Å². The Kier molecular flexibility index (Phi) is 6.87. The molecule has 0 aliphatic carbocycles. The molecule has 1 saturated heterocycles. The number of benzene rings is 1. The van der Waals surface area contributed by atoms with E-state index >= 15 is 0 Å². The first kappa shape index (κ1) is 17.9. The molecule has 0 aromatic heterocycles. The van der Waals surface area contributed by atoms with Gasteiger partial charge in [0.05, 0.1) is 16.9 Å². The molecule has 1 aromatic carbocycles. The predicted molar refractivity (Wildman–Crippen MR) is 90.3 cm³/mol. The van der Waals surface area contributed by atoms with E-state index in [-0.39, 0.29) is 6.10 Å². The molecule has 124 valence electrons. The van der Waals surface area contributed by atoms with Crippen molar-refractivity contribution in [3.05, 3.63) is 30.3 Å². The highest BCUT2D eigenvalue weighted by molar-refractivity contribution is 7.87. The first-order valence-corrected chi connectivity index (χ1v) is 9.71. The molecule has 1 heterocycles. The van der Waals surface area contributed by atoms with Crippen molar-refractivity contribution in [2.75, 3.05) is 0 Å². The summed E-state index contributed by atoms with van der Waals surface area (Å²) in [5, 5.41) is 10.6. The van der Waals surface area contributed by atoms with Gasteiger partial charge in [0.15, 0.2) is 10.5 Å². The third-order valence-electron chi connectivity index (χ3n) is 4.09. The summed E-state index contributed by atoms with van der Waals surface area (Å²) in [5.74, 6) is -1.49. The number of halogens is 1. The molecular weight excluding hydrogens is 320 g/mol. The second-order valence-corrected chi connectivity index (χ2v) is 8.13. The van der Waals surface area contributed by atoms with Gasteiger partial charge in [-0.1, -0.05) is 50.8 Å². The van der Waals surface area contributed by atoms with Crippen LogP contribution in [0.2, 0.25) is 0 Å². The quantitative estimate of drug-likeness (QED) is 0.568. The zero-order valence-electron chi connectivity index (χ0n) is 13.0. The maximum atomic E-state index is 12.5. The number of rotatable bonds is 8. The van der Waals surface area contributed by atoms with Crippen LogP contribution >= 0.6 is 11.6 Å². The molecule has 3 nitrogen and oxygen atoms in total. The summed E-state index contributed by atoms with van der Waals surface area (Å²) < 4.78 is 17.3. The van der Waals surface area contributed by atoms with Crippen molar-refractivity contribution in [1.29, 1.82) is 0 Å². The Labute approximate surface area is 140 Å². The van der Waals surface area contributed by atoms with Gasteiger partial charge in [-0.2, -0.15) is 0 Å². The largest absolute Gasteiger partial charge is 0.364 e. The van der Waals surface area contributed by atoms with E-state index in [4.69, 9.17) is 16.3 Å². The maximum Gasteiger partial charge on any atom is 0.194 e. The summed E-state index contributed by atoms with van der Waals surface area (Å²) in [6, 6.07) is 9.00. The average Bonchev–Trinajstić information content (AvgIpc) is 2.93. The van der Waals surface area contributed by atoms with E-state index in [1.807, 2.05) is 18.2 Å². The number of aliphatic hydroxyl groups is 1.